The molecule has 1 unspecified atom stereocenters. The Hall–Kier alpha value is -4.71. The van der Waals surface area contributed by atoms with Gasteiger partial charge in [-0.1, -0.05) is 289 Å². The molecule has 6 heteroatoms. The van der Waals surface area contributed by atoms with Crippen molar-refractivity contribution in [3.63, 3.8) is 0 Å². The lowest BCUT2D eigenvalue weighted by Crippen LogP contribution is -2.30. The maximum Gasteiger partial charge on any atom is 0.306 e. The van der Waals surface area contributed by atoms with Gasteiger partial charge in [0, 0.05) is 19.3 Å². The Morgan fingerprint density at radius 2 is 0.476 bits per heavy atom. The summed E-state index contributed by atoms with van der Waals surface area (Å²) in [5.41, 5.74) is 0. The van der Waals surface area contributed by atoms with Gasteiger partial charge in [0.05, 0.1) is 0 Å². The Morgan fingerprint density at radius 1 is 0.256 bits per heavy atom. The second kappa shape index (κ2) is 68.8. The van der Waals surface area contributed by atoms with Crippen molar-refractivity contribution in [2.75, 3.05) is 13.2 Å². The number of hydrogen-bond acceptors (Lipinski definition) is 6. The molecule has 0 spiro atoms. The summed E-state index contributed by atoms with van der Waals surface area (Å²) >= 11 is 0. The molecule has 82 heavy (non-hydrogen) atoms. The Balaban J connectivity index is 4.32. The molecule has 0 aliphatic rings. The van der Waals surface area contributed by atoms with Crippen molar-refractivity contribution in [1.29, 1.82) is 0 Å². The van der Waals surface area contributed by atoms with E-state index in [4.69, 9.17) is 14.2 Å². The van der Waals surface area contributed by atoms with Gasteiger partial charge in [-0.15, -0.1) is 0 Å². The number of carbonyl (C=O) groups excluding carboxylic acids is 3. The van der Waals surface area contributed by atoms with E-state index in [1.165, 1.54) is 103 Å². The van der Waals surface area contributed by atoms with Crippen molar-refractivity contribution in [1.82, 2.24) is 0 Å². The van der Waals surface area contributed by atoms with Crippen molar-refractivity contribution < 1.29 is 28.6 Å². The van der Waals surface area contributed by atoms with Gasteiger partial charge in [-0.05, 0) is 135 Å². The molecule has 0 aromatic carbocycles. The standard InChI is InChI=1S/C76H124O6/c1-4-7-10-13-16-19-22-25-28-30-32-33-34-35-36-37-38-39-40-41-42-43-45-46-48-51-54-57-60-63-66-69-75(78)81-72-73(71-80-74(77)68-65-62-59-56-53-50-27-24-21-18-15-12-9-6-3)82-76(79)70-67-64-61-58-55-52-49-47-44-31-29-26-23-20-17-14-11-8-5-2/h7-8,10-11,15-20,24-29,32-33,35-36,44,47,52,55,73H,4-6,9,12-14,21-23,30-31,34,37-43,45-46,48-51,53-54,56-72H2,1-3H3/b10-7-,11-8-,18-15-,19-16-,20-17-,27-24-,28-25-,29-26-,33-32-,36-35-,47-44-,55-52-. The number of unbranched alkanes of at least 4 members (excludes halogenated alkanes) is 25. The quantitative estimate of drug-likeness (QED) is 0.0261. The van der Waals surface area contributed by atoms with Gasteiger partial charge in [-0.25, -0.2) is 0 Å². The van der Waals surface area contributed by atoms with Crippen LogP contribution in [-0.4, -0.2) is 37.2 Å². The van der Waals surface area contributed by atoms with Gasteiger partial charge in [-0.3, -0.25) is 14.4 Å². The topological polar surface area (TPSA) is 78.9 Å². The lowest BCUT2D eigenvalue weighted by molar-refractivity contribution is -0.167. The van der Waals surface area contributed by atoms with Crippen LogP contribution in [0, 0.1) is 0 Å². The summed E-state index contributed by atoms with van der Waals surface area (Å²) in [6.07, 6.45) is 98.7. The van der Waals surface area contributed by atoms with E-state index in [1.54, 1.807) is 0 Å². The van der Waals surface area contributed by atoms with Crippen molar-refractivity contribution in [2.45, 2.75) is 303 Å². The molecular formula is C76H124O6. The first kappa shape index (κ1) is 77.3. The molecule has 0 fully saturated rings. The molecule has 464 valence electrons. The van der Waals surface area contributed by atoms with Crippen molar-refractivity contribution in [3.05, 3.63) is 146 Å². The molecule has 0 aliphatic carbocycles. The van der Waals surface area contributed by atoms with E-state index in [1.807, 2.05) is 0 Å². The lowest BCUT2D eigenvalue weighted by Gasteiger charge is -2.18. The van der Waals surface area contributed by atoms with Crippen molar-refractivity contribution in [2.24, 2.45) is 0 Å². The zero-order valence-corrected chi connectivity index (χ0v) is 53.2. The Bertz CT molecular complexity index is 1780. The number of esters is 3. The summed E-state index contributed by atoms with van der Waals surface area (Å²) in [4.78, 5) is 38.4. The summed E-state index contributed by atoms with van der Waals surface area (Å²) in [5.74, 6) is -0.943. The molecule has 1 atom stereocenters. The minimum absolute atomic E-state index is 0.0993. The van der Waals surface area contributed by atoms with Crippen LogP contribution in [-0.2, 0) is 28.6 Å². The summed E-state index contributed by atoms with van der Waals surface area (Å²) in [7, 11) is 0. The number of rotatable bonds is 60. The molecule has 0 bridgehead atoms. The van der Waals surface area contributed by atoms with Crippen molar-refractivity contribution in [3.8, 4) is 0 Å². The van der Waals surface area contributed by atoms with Crippen molar-refractivity contribution >= 4 is 17.9 Å². The lowest BCUT2D eigenvalue weighted by atomic mass is 10.0. The Labute approximate surface area is 506 Å². The highest BCUT2D eigenvalue weighted by Gasteiger charge is 2.19. The molecule has 0 aromatic heterocycles. The van der Waals surface area contributed by atoms with E-state index in [0.29, 0.717) is 12.8 Å². The van der Waals surface area contributed by atoms with Crippen LogP contribution in [0.3, 0.4) is 0 Å². The molecule has 0 saturated heterocycles. The highest BCUT2D eigenvalue weighted by Crippen LogP contribution is 2.16. The second-order valence-corrected chi connectivity index (χ2v) is 22.0. The van der Waals surface area contributed by atoms with Gasteiger partial charge < -0.3 is 14.2 Å². The first-order valence-corrected chi connectivity index (χ1v) is 33.8. The van der Waals surface area contributed by atoms with E-state index in [-0.39, 0.29) is 37.5 Å². The highest BCUT2D eigenvalue weighted by atomic mass is 16.6. The fourth-order valence-corrected chi connectivity index (χ4v) is 9.04. The van der Waals surface area contributed by atoms with Crippen LogP contribution >= 0.6 is 0 Å². The number of hydrogen-bond donors (Lipinski definition) is 0. The second-order valence-electron chi connectivity index (χ2n) is 22.0. The Morgan fingerprint density at radius 3 is 0.756 bits per heavy atom. The molecule has 0 heterocycles. The van der Waals surface area contributed by atoms with Crippen LogP contribution in [0.5, 0.6) is 0 Å². The normalized spacial score (nSPS) is 13.1. The van der Waals surface area contributed by atoms with E-state index < -0.39 is 6.10 Å². The van der Waals surface area contributed by atoms with Gasteiger partial charge in [0.25, 0.3) is 0 Å². The van der Waals surface area contributed by atoms with Crippen LogP contribution in [0.4, 0.5) is 0 Å². The molecule has 0 rings (SSSR count). The average Bonchev–Trinajstić information content (AvgIpc) is 3.47. The third kappa shape index (κ3) is 66.1. The monoisotopic (exact) mass is 1130 g/mol. The zero-order chi connectivity index (χ0) is 59.2. The summed E-state index contributed by atoms with van der Waals surface area (Å²) < 4.78 is 16.9. The van der Waals surface area contributed by atoms with Crippen LogP contribution in [0.2, 0.25) is 0 Å². The maximum absolute atomic E-state index is 12.9. The van der Waals surface area contributed by atoms with Gasteiger partial charge >= 0.3 is 17.9 Å². The number of allylic oxidation sites excluding steroid dienone is 24. The number of carbonyl (C=O) groups is 3. The summed E-state index contributed by atoms with van der Waals surface area (Å²) in [6, 6.07) is 0. The first-order chi connectivity index (χ1) is 40.5. The Kier molecular flexibility index (Phi) is 64.8. The van der Waals surface area contributed by atoms with Gasteiger partial charge in [-0.2, -0.15) is 0 Å². The van der Waals surface area contributed by atoms with Gasteiger partial charge in [0.1, 0.15) is 13.2 Å². The van der Waals surface area contributed by atoms with E-state index >= 15 is 0 Å². The van der Waals surface area contributed by atoms with E-state index in [2.05, 4.69) is 167 Å². The third-order valence-corrected chi connectivity index (χ3v) is 14.1. The zero-order valence-electron chi connectivity index (χ0n) is 53.2. The molecule has 0 aliphatic heterocycles. The molecule has 6 nitrogen and oxygen atoms in total. The first-order valence-electron chi connectivity index (χ1n) is 33.8. The molecular weight excluding hydrogens is 1010 g/mol. The summed E-state index contributed by atoms with van der Waals surface area (Å²) in [5, 5.41) is 0. The SMILES string of the molecule is CC/C=C\C/C=C\C/C=C\C/C=C\C/C=C\CCCCCCCCCCCCCCCCCC(=O)OCC(COC(=O)CCCCCCC/C=C\C/C=C\CCCC)OC(=O)CCCCC/C=C\C/C=C\C/C=C\C/C=C\C/C=C\CC. The fraction of sp³-hybridized carbons (Fsp3) is 0.645. The predicted molar refractivity (Wildman–Crippen MR) is 357 cm³/mol. The van der Waals surface area contributed by atoms with E-state index in [9.17, 15) is 14.4 Å². The largest absolute Gasteiger partial charge is 0.462 e. The maximum atomic E-state index is 12.9. The fourth-order valence-electron chi connectivity index (χ4n) is 9.04. The summed E-state index contributed by atoms with van der Waals surface area (Å²) in [6.45, 7) is 6.34. The third-order valence-electron chi connectivity index (χ3n) is 14.1. The van der Waals surface area contributed by atoms with Crippen LogP contribution in [0.15, 0.2) is 146 Å². The smallest absolute Gasteiger partial charge is 0.306 e. The molecule has 0 N–H and O–H groups in total. The molecule has 0 radical (unpaired) electrons. The van der Waals surface area contributed by atoms with Gasteiger partial charge in [0.2, 0.25) is 0 Å². The average molecular weight is 1130 g/mol. The minimum atomic E-state index is -0.808. The molecule has 0 saturated carbocycles. The van der Waals surface area contributed by atoms with E-state index in [0.717, 1.165) is 154 Å². The number of ether oxygens (including phenoxy) is 3. The van der Waals surface area contributed by atoms with Crippen LogP contribution in [0.25, 0.3) is 0 Å². The minimum Gasteiger partial charge on any atom is -0.462 e. The van der Waals surface area contributed by atoms with Crippen LogP contribution < -0.4 is 0 Å². The predicted octanol–water partition coefficient (Wildman–Crippen LogP) is 23.5. The molecule has 0 aromatic rings. The van der Waals surface area contributed by atoms with Crippen LogP contribution in [0.1, 0.15) is 297 Å². The highest BCUT2D eigenvalue weighted by molar-refractivity contribution is 5.71. The van der Waals surface area contributed by atoms with Gasteiger partial charge in [0.15, 0.2) is 6.10 Å². The molecule has 0 amide bonds.